The molecule has 0 spiro atoms. The van der Waals surface area contributed by atoms with Gasteiger partial charge in [-0.3, -0.25) is 4.68 Å². The van der Waals surface area contributed by atoms with Crippen LogP contribution in [0.5, 0.6) is 0 Å². The molecule has 0 atom stereocenters. The molecule has 0 amide bonds. The van der Waals surface area contributed by atoms with E-state index in [2.05, 4.69) is 31.1 Å². The Morgan fingerprint density at radius 2 is 2.06 bits per heavy atom. The Balaban J connectivity index is 2.31. The molecule has 4 nitrogen and oxygen atoms in total. The standard InChI is InChI=1S/C13H18N2O2S/c1-10(2)11-4-5-13-12(8-11)9-14-15(13)6-7-18(3,16)17/h4-5,8-10H,6-7H2,1-3H3. The predicted molar refractivity (Wildman–Crippen MR) is 73.5 cm³/mol. The Morgan fingerprint density at radius 3 is 2.67 bits per heavy atom. The first kappa shape index (κ1) is 13.1. The second kappa shape index (κ2) is 4.72. The summed E-state index contributed by atoms with van der Waals surface area (Å²) < 4.78 is 24.1. The van der Waals surface area contributed by atoms with Gasteiger partial charge in [-0.15, -0.1) is 0 Å². The van der Waals surface area contributed by atoms with Gasteiger partial charge < -0.3 is 0 Å². The lowest BCUT2D eigenvalue weighted by Crippen LogP contribution is -2.11. The minimum absolute atomic E-state index is 0.121. The van der Waals surface area contributed by atoms with Crippen molar-refractivity contribution in [2.24, 2.45) is 0 Å². The number of fused-ring (bicyclic) bond motifs is 1. The molecule has 0 aliphatic rings. The van der Waals surface area contributed by atoms with E-state index in [4.69, 9.17) is 0 Å². The van der Waals surface area contributed by atoms with Crippen LogP contribution in [0, 0.1) is 0 Å². The van der Waals surface area contributed by atoms with E-state index in [0.717, 1.165) is 10.9 Å². The normalized spacial score (nSPS) is 12.4. The zero-order valence-corrected chi connectivity index (χ0v) is 11.7. The molecule has 0 saturated heterocycles. The summed E-state index contributed by atoms with van der Waals surface area (Å²) in [4.78, 5) is 0. The lowest BCUT2D eigenvalue weighted by atomic mass is 10.0. The van der Waals surface area contributed by atoms with Crippen molar-refractivity contribution in [3.8, 4) is 0 Å². The summed E-state index contributed by atoms with van der Waals surface area (Å²) in [5.74, 6) is 0.601. The first-order valence-corrected chi connectivity index (χ1v) is 8.06. The van der Waals surface area contributed by atoms with Crippen LogP contribution < -0.4 is 0 Å². The van der Waals surface area contributed by atoms with Crippen molar-refractivity contribution < 1.29 is 8.42 Å². The summed E-state index contributed by atoms with van der Waals surface area (Å²) >= 11 is 0. The Kier molecular flexibility index (Phi) is 3.43. The second-order valence-corrected chi connectivity index (χ2v) is 7.23. The van der Waals surface area contributed by atoms with Crippen LogP contribution in [0.15, 0.2) is 24.4 Å². The highest BCUT2D eigenvalue weighted by Crippen LogP contribution is 2.21. The minimum atomic E-state index is -2.95. The van der Waals surface area contributed by atoms with Gasteiger partial charge in [-0.2, -0.15) is 5.10 Å². The molecule has 0 fully saturated rings. The molecule has 0 saturated carbocycles. The van der Waals surface area contributed by atoms with Crippen LogP contribution in [0.2, 0.25) is 0 Å². The maximum absolute atomic E-state index is 11.2. The molecule has 1 heterocycles. The zero-order valence-electron chi connectivity index (χ0n) is 10.9. The molecule has 0 aliphatic heterocycles. The van der Waals surface area contributed by atoms with E-state index in [1.165, 1.54) is 11.8 Å². The Morgan fingerprint density at radius 1 is 1.33 bits per heavy atom. The van der Waals surface area contributed by atoms with Crippen LogP contribution in [0.4, 0.5) is 0 Å². The summed E-state index contributed by atoms with van der Waals surface area (Å²) in [6, 6.07) is 6.20. The summed E-state index contributed by atoms with van der Waals surface area (Å²) in [7, 11) is -2.95. The number of benzene rings is 1. The number of aromatic nitrogens is 2. The van der Waals surface area contributed by atoms with Gasteiger partial charge in [0.2, 0.25) is 0 Å². The molecule has 2 aromatic rings. The molecule has 0 N–H and O–H groups in total. The minimum Gasteiger partial charge on any atom is -0.264 e. The van der Waals surface area contributed by atoms with Crippen LogP contribution in [-0.4, -0.2) is 30.2 Å². The molecule has 0 unspecified atom stereocenters. The largest absolute Gasteiger partial charge is 0.264 e. The molecule has 0 aliphatic carbocycles. The van der Waals surface area contributed by atoms with Gasteiger partial charge in [-0.05, 0) is 23.6 Å². The van der Waals surface area contributed by atoms with E-state index in [0.29, 0.717) is 12.5 Å². The molecule has 2 rings (SSSR count). The van der Waals surface area contributed by atoms with E-state index in [-0.39, 0.29) is 5.75 Å². The number of aryl methyl sites for hydroxylation is 1. The van der Waals surface area contributed by atoms with Crippen molar-refractivity contribution >= 4 is 20.7 Å². The van der Waals surface area contributed by atoms with E-state index >= 15 is 0 Å². The zero-order chi connectivity index (χ0) is 13.3. The number of sulfone groups is 1. The molecule has 1 aromatic heterocycles. The number of rotatable bonds is 4. The molecule has 1 aromatic carbocycles. The monoisotopic (exact) mass is 266 g/mol. The Hall–Kier alpha value is -1.36. The summed E-state index contributed by atoms with van der Waals surface area (Å²) in [5.41, 5.74) is 2.26. The van der Waals surface area contributed by atoms with Gasteiger partial charge in [-0.1, -0.05) is 19.9 Å². The summed E-state index contributed by atoms with van der Waals surface area (Å²) in [5, 5.41) is 5.32. The molecular weight excluding hydrogens is 248 g/mol. The second-order valence-electron chi connectivity index (χ2n) is 4.97. The Bertz CT molecular complexity index is 657. The summed E-state index contributed by atoms with van der Waals surface area (Å²) in [6.45, 7) is 4.70. The van der Waals surface area contributed by atoms with Gasteiger partial charge in [0.1, 0.15) is 9.84 Å². The Labute approximate surface area is 108 Å². The maximum atomic E-state index is 11.2. The third kappa shape index (κ3) is 2.90. The first-order chi connectivity index (χ1) is 8.37. The van der Waals surface area contributed by atoms with Gasteiger partial charge in [0.25, 0.3) is 0 Å². The van der Waals surface area contributed by atoms with Crippen molar-refractivity contribution in [1.82, 2.24) is 9.78 Å². The van der Waals surface area contributed by atoms with E-state index in [1.807, 2.05) is 6.07 Å². The van der Waals surface area contributed by atoms with Crippen LogP contribution >= 0.6 is 0 Å². The quantitative estimate of drug-likeness (QED) is 0.852. The lowest BCUT2D eigenvalue weighted by molar-refractivity contribution is 0.589. The lowest BCUT2D eigenvalue weighted by Gasteiger charge is -2.06. The van der Waals surface area contributed by atoms with Crippen LogP contribution in [0.3, 0.4) is 0 Å². The van der Waals surface area contributed by atoms with Gasteiger partial charge in [0, 0.05) is 11.6 Å². The van der Waals surface area contributed by atoms with E-state index in [1.54, 1.807) is 10.9 Å². The van der Waals surface area contributed by atoms with Gasteiger partial charge in [-0.25, -0.2) is 8.42 Å². The average molecular weight is 266 g/mol. The maximum Gasteiger partial charge on any atom is 0.149 e. The van der Waals surface area contributed by atoms with Gasteiger partial charge in [0.15, 0.2) is 0 Å². The smallest absolute Gasteiger partial charge is 0.149 e. The first-order valence-electron chi connectivity index (χ1n) is 6.00. The van der Waals surface area contributed by atoms with E-state index < -0.39 is 9.84 Å². The fourth-order valence-electron chi connectivity index (χ4n) is 1.90. The molecule has 5 heteroatoms. The van der Waals surface area contributed by atoms with E-state index in [9.17, 15) is 8.42 Å². The summed E-state index contributed by atoms with van der Waals surface area (Å²) in [6.07, 6.45) is 3.04. The molecule has 98 valence electrons. The topological polar surface area (TPSA) is 52.0 Å². The molecule has 18 heavy (non-hydrogen) atoms. The highest BCUT2D eigenvalue weighted by atomic mass is 32.2. The highest BCUT2D eigenvalue weighted by Gasteiger charge is 2.08. The third-order valence-electron chi connectivity index (χ3n) is 3.01. The number of nitrogens with zero attached hydrogens (tertiary/aromatic N) is 2. The van der Waals surface area contributed by atoms with Gasteiger partial charge in [0.05, 0.1) is 24.0 Å². The molecule has 0 bridgehead atoms. The van der Waals surface area contributed by atoms with Crippen LogP contribution in [-0.2, 0) is 16.4 Å². The molecular formula is C13H18N2O2S. The van der Waals surface area contributed by atoms with Crippen molar-refractivity contribution in [2.45, 2.75) is 26.3 Å². The van der Waals surface area contributed by atoms with Crippen molar-refractivity contribution in [3.63, 3.8) is 0 Å². The third-order valence-corrected chi connectivity index (χ3v) is 3.93. The fraction of sp³-hybridized carbons (Fsp3) is 0.462. The van der Waals surface area contributed by atoms with Gasteiger partial charge >= 0.3 is 0 Å². The van der Waals surface area contributed by atoms with Crippen molar-refractivity contribution in [2.75, 3.05) is 12.0 Å². The van der Waals surface area contributed by atoms with Crippen molar-refractivity contribution in [3.05, 3.63) is 30.0 Å². The van der Waals surface area contributed by atoms with Crippen molar-refractivity contribution in [1.29, 1.82) is 0 Å². The highest BCUT2D eigenvalue weighted by molar-refractivity contribution is 7.90. The SMILES string of the molecule is CC(C)c1ccc2c(cnn2CCS(C)(=O)=O)c1. The van der Waals surface area contributed by atoms with Crippen LogP contribution in [0.25, 0.3) is 10.9 Å². The predicted octanol–water partition coefficient (Wildman–Crippen LogP) is 2.20. The molecule has 0 radical (unpaired) electrons. The number of hydrogen-bond acceptors (Lipinski definition) is 3. The average Bonchev–Trinajstić information content (AvgIpc) is 2.67. The fourth-order valence-corrected chi connectivity index (χ4v) is 2.40. The number of hydrogen-bond donors (Lipinski definition) is 0. The van der Waals surface area contributed by atoms with Crippen LogP contribution in [0.1, 0.15) is 25.3 Å².